The van der Waals surface area contributed by atoms with Crippen LogP contribution in [0.5, 0.6) is 0 Å². The van der Waals surface area contributed by atoms with E-state index in [1.54, 1.807) is 30.6 Å². The second-order valence-corrected chi connectivity index (χ2v) is 8.04. The Morgan fingerprint density at radius 2 is 1.81 bits per heavy atom. The van der Waals surface area contributed by atoms with Crippen LogP contribution in [0.15, 0.2) is 56.6 Å². The van der Waals surface area contributed by atoms with Gasteiger partial charge in [-0.05, 0) is 51.8 Å². The molecule has 1 heterocycles. The summed E-state index contributed by atoms with van der Waals surface area (Å²) in [6.07, 6.45) is 3.32. The van der Waals surface area contributed by atoms with Gasteiger partial charge in [-0.2, -0.15) is 4.31 Å². The zero-order valence-corrected chi connectivity index (χ0v) is 15.3. The number of halogens is 2. The summed E-state index contributed by atoms with van der Waals surface area (Å²) in [5, 5.41) is 0. The summed E-state index contributed by atoms with van der Waals surface area (Å²) >= 11 is 6.63. The highest BCUT2D eigenvalue weighted by Crippen LogP contribution is 2.28. The Kier molecular flexibility index (Phi) is 5.54. The molecule has 0 aliphatic carbocycles. The minimum atomic E-state index is -3.57. The molecular formula is C14H14Br2N2O2S. The normalized spacial score (nSPS) is 11.8. The fourth-order valence-electron chi connectivity index (χ4n) is 1.87. The Balaban J connectivity index is 2.38. The minimum Gasteiger partial charge on any atom is -0.265 e. The molecule has 2 aromatic rings. The van der Waals surface area contributed by atoms with Gasteiger partial charge in [0.05, 0.1) is 4.90 Å². The lowest BCUT2D eigenvalue weighted by atomic mass is 10.3. The van der Waals surface area contributed by atoms with Crippen molar-refractivity contribution in [2.24, 2.45) is 0 Å². The summed E-state index contributed by atoms with van der Waals surface area (Å²) in [5.74, 6) is 0. The molecule has 0 spiro atoms. The molecule has 7 heteroatoms. The third kappa shape index (κ3) is 3.91. The SMILES string of the molecule is CCN(Cc1ccncc1)S(=O)(=O)c1cc(Br)ccc1Br. The average molecular weight is 434 g/mol. The van der Waals surface area contributed by atoms with Gasteiger partial charge < -0.3 is 0 Å². The fraction of sp³-hybridized carbons (Fsp3) is 0.214. The second-order valence-electron chi connectivity index (χ2n) is 4.36. The Morgan fingerprint density at radius 1 is 1.14 bits per heavy atom. The first-order chi connectivity index (χ1) is 9.95. The maximum absolute atomic E-state index is 12.8. The van der Waals surface area contributed by atoms with Gasteiger partial charge in [0.1, 0.15) is 0 Å². The first-order valence-electron chi connectivity index (χ1n) is 6.29. The van der Waals surface area contributed by atoms with Crippen LogP contribution < -0.4 is 0 Å². The van der Waals surface area contributed by atoms with E-state index < -0.39 is 10.0 Å². The quantitative estimate of drug-likeness (QED) is 0.720. The van der Waals surface area contributed by atoms with E-state index in [9.17, 15) is 8.42 Å². The van der Waals surface area contributed by atoms with Crippen molar-refractivity contribution < 1.29 is 8.42 Å². The van der Waals surface area contributed by atoms with E-state index in [1.165, 1.54) is 4.31 Å². The molecule has 2 rings (SSSR count). The number of rotatable bonds is 5. The zero-order valence-electron chi connectivity index (χ0n) is 11.3. The first-order valence-corrected chi connectivity index (χ1v) is 9.32. The highest BCUT2D eigenvalue weighted by atomic mass is 79.9. The van der Waals surface area contributed by atoms with Gasteiger partial charge in [0.25, 0.3) is 0 Å². The van der Waals surface area contributed by atoms with Crippen LogP contribution in [0, 0.1) is 0 Å². The molecule has 0 radical (unpaired) electrons. The third-order valence-corrected chi connectivity index (χ3v) is 6.38. The van der Waals surface area contributed by atoms with Crippen LogP contribution in [-0.4, -0.2) is 24.3 Å². The van der Waals surface area contributed by atoms with Crippen LogP contribution in [0.25, 0.3) is 0 Å². The molecule has 0 saturated carbocycles. The van der Waals surface area contributed by atoms with Crippen LogP contribution in [-0.2, 0) is 16.6 Å². The number of pyridine rings is 1. The van der Waals surface area contributed by atoms with Crippen molar-refractivity contribution >= 4 is 41.9 Å². The lowest BCUT2D eigenvalue weighted by Crippen LogP contribution is -2.30. The van der Waals surface area contributed by atoms with Crippen LogP contribution in [0.1, 0.15) is 12.5 Å². The van der Waals surface area contributed by atoms with Crippen molar-refractivity contribution in [1.82, 2.24) is 9.29 Å². The Morgan fingerprint density at radius 3 is 2.43 bits per heavy atom. The summed E-state index contributed by atoms with van der Waals surface area (Å²) in [5.41, 5.74) is 0.904. The maximum Gasteiger partial charge on any atom is 0.244 e. The van der Waals surface area contributed by atoms with E-state index in [2.05, 4.69) is 36.8 Å². The van der Waals surface area contributed by atoms with E-state index in [-0.39, 0.29) is 4.90 Å². The summed E-state index contributed by atoms with van der Waals surface area (Å²) in [6.45, 7) is 2.54. The largest absolute Gasteiger partial charge is 0.265 e. The standard InChI is InChI=1S/C14H14Br2N2O2S/c1-2-18(10-11-5-7-17-8-6-11)21(19,20)14-9-12(15)3-4-13(14)16/h3-9H,2,10H2,1H3. The summed E-state index contributed by atoms with van der Waals surface area (Å²) in [6, 6.07) is 8.75. The number of hydrogen-bond donors (Lipinski definition) is 0. The van der Waals surface area contributed by atoms with Gasteiger partial charge in [-0.15, -0.1) is 0 Å². The number of aromatic nitrogens is 1. The lowest BCUT2D eigenvalue weighted by Gasteiger charge is -2.21. The zero-order chi connectivity index (χ0) is 15.5. The maximum atomic E-state index is 12.8. The van der Waals surface area contributed by atoms with Crippen LogP contribution in [0.4, 0.5) is 0 Å². The predicted molar refractivity (Wildman–Crippen MR) is 89.3 cm³/mol. The summed E-state index contributed by atoms with van der Waals surface area (Å²) < 4.78 is 28.3. The monoisotopic (exact) mass is 432 g/mol. The molecule has 21 heavy (non-hydrogen) atoms. The molecule has 0 N–H and O–H groups in total. The fourth-order valence-corrected chi connectivity index (χ4v) is 4.77. The van der Waals surface area contributed by atoms with Gasteiger partial charge >= 0.3 is 0 Å². The molecule has 0 saturated heterocycles. The Bertz CT molecular complexity index is 721. The average Bonchev–Trinajstić information content (AvgIpc) is 2.48. The van der Waals surface area contributed by atoms with E-state index in [0.717, 1.165) is 10.0 Å². The molecule has 0 bridgehead atoms. The van der Waals surface area contributed by atoms with Crippen molar-refractivity contribution in [1.29, 1.82) is 0 Å². The molecule has 0 aliphatic rings. The number of nitrogens with zero attached hydrogens (tertiary/aromatic N) is 2. The van der Waals surface area contributed by atoms with Crippen molar-refractivity contribution in [3.63, 3.8) is 0 Å². The van der Waals surface area contributed by atoms with Gasteiger partial charge in [-0.25, -0.2) is 8.42 Å². The number of hydrogen-bond acceptors (Lipinski definition) is 3. The Hall–Kier alpha value is -0.760. The van der Waals surface area contributed by atoms with Crippen molar-refractivity contribution in [3.05, 3.63) is 57.2 Å². The summed E-state index contributed by atoms with van der Waals surface area (Å²) in [4.78, 5) is 4.20. The van der Waals surface area contributed by atoms with Gasteiger partial charge in [0, 0.05) is 34.4 Å². The van der Waals surface area contributed by atoms with E-state index in [1.807, 2.05) is 19.1 Å². The van der Waals surface area contributed by atoms with Gasteiger partial charge in [0.15, 0.2) is 0 Å². The third-order valence-electron chi connectivity index (χ3n) is 2.97. The van der Waals surface area contributed by atoms with Crippen LogP contribution in [0.2, 0.25) is 0 Å². The van der Waals surface area contributed by atoms with E-state index in [0.29, 0.717) is 17.6 Å². The van der Waals surface area contributed by atoms with Crippen molar-refractivity contribution in [2.45, 2.75) is 18.4 Å². The topological polar surface area (TPSA) is 50.3 Å². The Labute approximate surface area is 141 Å². The number of sulfonamides is 1. The smallest absolute Gasteiger partial charge is 0.244 e. The van der Waals surface area contributed by atoms with Crippen LogP contribution in [0.3, 0.4) is 0 Å². The molecule has 1 aromatic heterocycles. The lowest BCUT2D eigenvalue weighted by molar-refractivity contribution is 0.423. The minimum absolute atomic E-state index is 0.257. The molecule has 112 valence electrons. The first kappa shape index (κ1) is 16.6. The van der Waals surface area contributed by atoms with E-state index in [4.69, 9.17) is 0 Å². The van der Waals surface area contributed by atoms with Crippen LogP contribution >= 0.6 is 31.9 Å². The molecule has 0 aliphatic heterocycles. The highest BCUT2D eigenvalue weighted by molar-refractivity contribution is 9.11. The van der Waals surface area contributed by atoms with Gasteiger partial charge in [0.2, 0.25) is 10.0 Å². The van der Waals surface area contributed by atoms with Crippen molar-refractivity contribution in [3.8, 4) is 0 Å². The molecule has 1 aromatic carbocycles. The molecule has 4 nitrogen and oxygen atoms in total. The van der Waals surface area contributed by atoms with Crippen molar-refractivity contribution in [2.75, 3.05) is 6.54 Å². The van der Waals surface area contributed by atoms with E-state index >= 15 is 0 Å². The molecule has 0 unspecified atom stereocenters. The van der Waals surface area contributed by atoms with Gasteiger partial charge in [-0.3, -0.25) is 4.98 Å². The van der Waals surface area contributed by atoms with Gasteiger partial charge in [-0.1, -0.05) is 22.9 Å². The predicted octanol–water partition coefficient (Wildman–Crippen LogP) is 3.82. The number of benzene rings is 1. The highest BCUT2D eigenvalue weighted by Gasteiger charge is 2.25. The molecule has 0 fully saturated rings. The molecular weight excluding hydrogens is 420 g/mol. The summed E-state index contributed by atoms with van der Waals surface area (Å²) in [7, 11) is -3.57. The molecule has 0 atom stereocenters. The second kappa shape index (κ2) is 7.00. The molecule has 0 amide bonds.